The van der Waals surface area contributed by atoms with Crippen LogP contribution < -0.4 is 0 Å². The first-order valence-corrected chi connectivity index (χ1v) is 7.98. The molecule has 0 aromatic carbocycles. The van der Waals surface area contributed by atoms with Gasteiger partial charge in [-0.25, -0.2) is 9.67 Å². The minimum Gasteiger partial charge on any atom is -0.381 e. The molecule has 112 valence electrons. The predicted octanol–water partition coefficient (Wildman–Crippen LogP) is 2.48. The molecule has 5 heteroatoms. The Morgan fingerprint density at radius 1 is 1.10 bits per heavy atom. The number of aromatic nitrogens is 3. The van der Waals surface area contributed by atoms with Crippen LogP contribution in [0.4, 0.5) is 0 Å². The first-order chi connectivity index (χ1) is 9.88. The standard InChI is InChI=1S/C15H25N3O2/c1-2-3-7-18-15(13-6-10-20-11-13)16-14(17-18)12-4-8-19-9-5-12/h12-13H,2-11H2,1H3. The van der Waals surface area contributed by atoms with E-state index in [1.807, 2.05) is 0 Å². The zero-order valence-electron chi connectivity index (χ0n) is 12.4. The molecule has 1 atom stereocenters. The number of hydrogen-bond donors (Lipinski definition) is 0. The van der Waals surface area contributed by atoms with Gasteiger partial charge in [0.25, 0.3) is 0 Å². The SMILES string of the molecule is CCCCn1nc(C2CCOCC2)nc1C1CCOC1. The first-order valence-electron chi connectivity index (χ1n) is 7.98. The highest BCUT2D eigenvalue weighted by atomic mass is 16.5. The maximum Gasteiger partial charge on any atom is 0.154 e. The summed E-state index contributed by atoms with van der Waals surface area (Å²) in [5, 5.41) is 4.81. The fourth-order valence-electron chi connectivity index (χ4n) is 3.01. The quantitative estimate of drug-likeness (QED) is 0.831. The summed E-state index contributed by atoms with van der Waals surface area (Å²) < 4.78 is 13.1. The monoisotopic (exact) mass is 279 g/mol. The number of hydrogen-bond acceptors (Lipinski definition) is 4. The number of ether oxygens (including phenoxy) is 2. The van der Waals surface area contributed by atoms with Gasteiger partial charge in [0.1, 0.15) is 5.82 Å². The largest absolute Gasteiger partial charge is 0.381 e. The van der Waals surface area contributed by atoms with E-state index in [0.29, 0.717) is 11.8 Å². The van der Waals surface area contributed by atoms with Gasteiger partial charge in [-0.2, -0.15) is 5.10 Å². The Morgan fingerprint density at radius 3 is 2.55 bits per heavy atom. The van der Waals surface area contributed by atoms with Crippen molar-refractivity contribution in [3.05, 3.63) is 11.6 Å². The molecule has 1 aromatic rings. The molecule has 3 heterocycles. The van der Waals surface area contributed by atoms with Gasteiger partial charge in [-0.1, -0.05) is 13.3 Å². The van der Waals surface area contributed by atoms with Crippen LogP contribution in [0, 0.1) is 0 Å². The molecular formula is C15H25N3O2. The lowest BCUT2D eigenvalue weighted by atomic mass is 10.00. The van der Waals surface area contributed by atoms with Crippen LogP contribution in [0.5, 0.6) is 0 Å². The van der Waals surface area contributed by atoms with E-state index in [1.165, 1.54) is 6.42 Å². The lowest BCUT2D eigenvalue weighted by molar-refractivity contribution is 0.0835. The van der Waals surface area contributed by atoms with Crippen LogP contribution in [0.25, 0.3) is 0 Å². The van der Waals surface area contributed by atoms with Crippen LogP contribution in [0.15, 0.2) is 0 Å². The molecule has 0 radical (unpaired) electrons. The second kappa shape index (κ2) is 6.68. The molecule has 0 bridgehead atoms. The summed E-state index contributed by atoms with van der Waals surface area (Å²) in [5.74, 6) is 3.10. The molecule has 3 rings (SSSR count). The van der Waals surface area contributed by atoms with E-state index in [1.54, 1.807) is 0 Å². The Bertz CT molecular complexity index is 421. The molecule has 2 fully saturated rings. The highest BCUT2D eigenvalue weighted by Crippen LogP contribution is 2.29. The van der Waals surface area contributed by atoms with Crippen molar-refractivity contribution in [2.24, 2.45) is 0 Å². The van der Waals surface area contributed by atoms with E-state index < -0.39 is 0 Å². The minimum absolute atomic E-state index is 0.438. The van der Waals surface area contributed by atoms with Crippen LogP contribution in [-0.4, -0.2) is 41.2 Å². The lowest BCUT2D eigenvalue weighted by Crippen LogP contribution is -2.15. The van der Waals surface area contributed by atoms with Crippen LogP contribution in [0.3, 0.4) is 0 Å². The van der Waals surface area contributed by atoms with Gasteiger partial charge in [-0.05, 0) is 25.7 Å². The molecule has 5 nitrogen and oxygen atoms in total. The van der Waals surface area contributed by atoms with Gasteiger partial charge < -0.3 is 9.47 Å². The Kier molecular flexibility index (Phi) is 4.68. The molecule has 0 amide bonds. The third-order valence-corrected chi connectivity index (χ3v) is 4.32. The second-order valence-electron chi connectivity index (χ2n) is 5.85. The normalized spacial score (nSPS) is 24.4. The zero-order valence-corrected chi connectivity index (χ0v) is 12.4. The van der Waals surface area contributed by atoms with Crippen molar-refractivity contribution in [1.82, 2.24) is 14.8 Å². The van der Waals surface area contributed by atoms with Crippen molar-refractivity contribution in [1.29, 1.82) is 0 Å². The van der Waals surface area contributed by atoms with E-state index in [-0.39, 0.29) is 0 Å². The smallest absolute Gasteiger partial charge is 0.154 e. The van der Waals surface area contributed by atoms with Gasteiger partial charge in [0.2, 0.25) is 0 Å². The molecule has 0 aliphatic carbocycles. The Balaban J connectivity index is 1.79. The average molecular weight is 279 g/mol. The van der Waals surface area contributed by atoms with Crippen molar-refractivity contribution >= 4 is 0 Å². The van der Waals surface area contributed by atoms with E-state index in [4.69, 9.17) is 19.6 Å². The molecule has 0 spiro atoms. The molecule has 2 aliphatic heterocycles. The third-order valence-electron chi connectivity index (χ3n) is 4.32. The number of unbranched alkanes of at least 4 members (excludes halogenated alkanes) is 1. The predicted molar refractivity (Wildman–Crippen MR) is 75.9 cm³/mol. The van der Waals surface area contributed by atoms with Crippen molar-refractivity contribution in [2.75, 3.05) is 26.4 Å². The summed E-state index contributed by atoms with van der Waals surface area (Å²) in [6.07, 6.45) is 5.54. The molecule has 1 unspecified atom stereocenters. The van der Waals surface area contributed by atoms with E-state index in [9.17, 15) is 0 Å². The van der Waals surface area contributed by atoms with Crippen LogP contribution in [-0.2, 0) is 16.0 Å². The van der Waals surface area contributed by atoms with Gasteiger partial charge >= 0.3 is 0 Å². The van der Waals surface area contributed by atoms with Crippen molar-refractivity contribution in [3.63, 3.8) is 0 Å². The van der Waals surface area contributed by atoms with Crippen molar-refractivity contribution in [2.45, 2.75) is 57.4 Å². The van der Waals surface area contributed by atoms with E-state index in [2.05, 4.69) is 11.6 Å². The van der Waals surface area contributed by atoms with Crippen LogP contribution in [0.2, 0.25) is 0 Å². The van der Waals surface area contributed by atoms with Gasteiger partial charge in [0, 0.05) is 38.2 Å². The molecule has 2 saturated heterocycles. The fourth-order valence-corrected chi connectivity index (χ4v) is 3.01. The van der Waals surface area contributed by atoms with Crippen LogP contribution >= 0.6 is 0 Å². The summed E-state index contributed by atoms with van der Waals surface area (Å²) in [7, 11) is 0. The summed E-state index contributed by atoms with van der Waals surface area (Å²) in [5.41, 5.74) is 0. The maximum absolute atomic E-state index is 5.52. The maximum atomic E-state index is 5.52. The summed E-state index contributed by atoms with van der Waals surface area (Å²) in [4.78, 5) is 4.89. The molecule has 2 aliphatic rings. The third kappa shape index (κ3) is 3.04. The molecular weight excluding hydrogens is 254 g/mol. The molecule has 0 N–H and O–H groups in total. The Hall–Kier alpha value is -0.940. The van der Waals surface area contributed by atoms with Crippen molar-refractivity contribution in [3.8, 4) is 0 Å². The van der Waals surface area contributed by atoms with Gasteiger partial charge in [0.15, 0.2) is 5.82 Å². The summed E-state index contributed by atoms with van der Waals surface area (Å²) in [6, 6.07) is 0. The Morgan fingerprint density at radius 2 is 1.85 bits per heavy atom. The van der Waals surface area contributed by atoms with E-state index >= 15 is 0 Å². The lowest BCUT2D eigenvalue weighted by Gasteiger charge is -2.18. The first kappa shape index (κ1) is 14.0. The van der Waals surface area contributed by atoms with Gasteiger partial charge in [0.05, 0.1) is 6.61 Å². The highest BCUT2D eigenvalue weighted by molar-refractivity contribution is 5.06. The fraction of sp³-hybridized carbons (Fsp3) is 0.867. The molecule has 20 heavy (non-hydrogen) atoms. The summed E-state index contributed by atoms with van der Waals surface area (Å²) in [6.45, 7) is 6.55. The minimum atomic E-state index is 0.438. The summed E-state index contributed by atoms with van der Waals surface area (Å²) >= 11 is 0. The molecule has 1 aromatic heterocycles. The number of nitrogens with zero attached hydrogens (tertiary/aromatic N) is 3. The second-order valence-corrected chi connectivity index (χ2v) is 5.85. The van der Waals surface area contributed by atoms with Crippen LogP contribution in [0.1, 0.15) is 62.5 Å². The van der Waals surface area contributed by atoms with E-state index in [0.717, 1.165) is 70.3 Å². The average Bonchev–Trinajstić information content (AvgIpc) is 3.15. The van der Waals surface area contributed by atoms with Crippen molar-refractivity contribution < 1.29 is 9.47 Å². The number of aryl methyl sites for hydroxylation is 1. The van der Waals surface area contributed by atoms with Gasteiger partial charge in [-0.15, -0.1) is 0 Å². The zero-order chi connectivity index (χ0) is 13.8. The number of rotatable bonds is 5. The van der Waals surface area contributed by atoms with Gasteiger partial charge in [-0.3, -0.25) is 0 Å². The highest BCUT2D eigenvalue weighted by Gasteiger charge is 2.27. The molecule has 0 saturated carbocycles. The topological polar surface area (TPSA) is 49.2 Å². The Labute approximate surface area is 120 Å².